The molecule has 0 aliphatic carbocycles. The Morgan fingerprint density at radius 2 is 2.07 bits per heavy atom. The summed E-state index contributed by atoms with van der Waals surface area (Å²) in [6.07, 6.45) is 0. The van der Waals surface area contributed by atoms with Crippen LogP contribution in [0.1, 0.15) is 21.1 Å². The minimum Gasteiger partial charge on any atom is -0.501 e. The van der Waals surface area contributed by atoms with E-state index in [1.165, 1.54) is 25.6 Å². The first-order chi connectivity index (χ1) is 13.4. The number of hydrogen-bond acceptors (Lipinski definition) is 8. The lowest BCUT2D eigenvalue weighted by molar-refractivity contribution is 0.0942. The molecule has 0 bridgehead atoms. The molecule has 0 fully saturated rings. The summed E-state index contributed by atoms with van der Waals surface area (Å²) >= 11 is 1.38. The number of nitrogens with zero attached hydrogens (tertiary/aromatic N) is 2. The van der Waals surface area contributed by atoms with Crippen LogP contribution in [0.15, 0.2) is 28.4 Å². The number of para-hydroxylation sites is 1. The molecule has 0 aliphatic heterocycles. The van der Waals surface area contributed by atoms with Crippen LogP contribution in [0, 0.1) is 6.92 Å². The first-order valence-corrected chi connectivity index (χ1v) is 9.06. The maximum absolute atomic E-state index is 12.6. The quantitative estimate of drug-likeness (QED) is 0.574. The van der Waals surface area contributed by atoms with Gasteiger partial charge in [0.2, 0.25) is 5.75 Å². The summed E-state index contributed by atoms with van der Waals surface area (Å²) in [5, 5.41) is 15.1. The van der Waals surface area contributed by atoms with Crippen molar-refractivity contribution in [2.24, 2.45) is 0 Å². The van der Waals surface area contributed by atoms with Crippen LogP contribution in [0.2, 0.25) is 0 Å². The van der Waals surface area contributed by atoms with E-state index in [4.69, 9.17) is 9.47 Å². The van der Waals surface area contributed by atoms with E-state index in [1.54, 1.807) is 23.6 Å². The third-order valence-corrected chi connectivity index (χ3v) is 4.67. The number of aromatic amines is 1. The number of thiazole rings is 1. The highest BCUT2D eigenvalue weighted by Gasteiger charge is 2.20. The predicted molar refractivity (Wildman–Crippen MR) is 103 cm³/mol. The first-order valence-electron chi connectivity index (χ1n) is 8.18. The molecular formula is C18H18N4O5S. The number of ether oxygens (including phenoxy) is 2. The van der Waals surface area contributed by atoms with Crippen LogP contribution in [0.5, 0.6) is 17.2 Å². The normalized spacial score (nSPS) is 10.5. The number of benzene rings is 1. The fourth-order valence-corrected chi connectivity index (χ4v) is 3.17. The SMILES string of the molecule is COc1cccc(CNC(=O)c2nc(-c3csc(C)n3)[nH]c(=O)c2O)c1OC. The van der Waals surface area contributed by atoms with Crippen LogP contribution in [0.4, 0.5) is 0 Å². The minimum absolute atomic E-state index is 0.0816. The lowest BCUT2D eigenvalue weighted by Crippen LogP contribution is -2.27. The van der Waals surface area contributed by atoms with Crippen LogP contribution in [0.3, 0.4) is 0 Å². The fraction of sp³-hybridized carbons (Fsp3) is 0.222. The standard InChI is InChI=1S/C18H18N4O5S/c1-9-20-11(8-28-9)16-21-13(14(23)18(25)22-16)17(24)19-7-10-5-4-6-12(26-2)15(10)27-3/h4-6,8,23H,7H2,1-3H3,(H,19,24)(H,21,22,25). The summed E-state index contributed by atoms with van der Waals surface area (Å²) in [6.45, 7) is 1.89. The highest BCUT2D eigenvalue weighted by Crippen LogP contribution is 2.30. The molecule has 9 nitrogen and oxygen atoms in total. The van der Waals surface area contributed by atoms with Crippen LogP contribution in [-0.2, 0) is 6.54 Å². The van der Waals surface area contributed by atoms with Gasteiger partial charge in [0.1, 0.15) is 5.69 Å². The van der Waals surface area contributed by atoms with Gasteiger partial charge in [-0.3, -0.25) is 9.59 Å². The smallest absolute Gasteiger partial charge is 0.294 e. The lowest BCUT2D eigenvalue weighted by Gasteiger charge is -2.13. The van der Waals surface area contributed by atoms with E-state index in [9.17, 15) is 14.7 Å². The van der Waals surface area contributed by atoms with Gasteiger partial charge in [-0.1, -0.05) is 12.1 Å². The van der Waals surface area contributed by atoms with Gasteiger partial charge in [0.15, 0.2) is 23.0 Å². The topological polar surface area (TPSA) is 126 Å². The molecule has 3 aromatic rings. The molecule has 3 N–H and O–H groups in total. The molecule has 0 saturated heterocycles. The Bertz CT molecular complexity index is 1080. The Morgan fingerprint density at radius 1 is 1.29 bits per heavy atom. The maximum Gasteiger partial charge on any atom is 0.294 e. The zero-order valence-corrected chi connectivity index (χ0v) is 16.2. The third kappa shape index (κ3) is 3.81. The third-order valence-electron chi connectivity index (χ3n) is 3.90. The van der Waals surface area contributed by atoms with Crippen molar-refractivity contribution in [3.8, 4) is 28.8 Å². The Labute approximate surface area is 164 Å². The molecule has 0 saturated carbocycles. The Hall–Kier alpha value is -3.40. The van der Waals surface area contributed by atoms with Crippen molar-refractivity contribution < 1.29 is 19.4 Å². The molecule has 0 spiro atoms. The van der Waals surface area contributed by atoms with Crippen molar-refractivity contribution in [1.82, 2.24) is 20.3 Å². The van der Waals surface area contributed by atoms with Crippen molar-refractivity contribution in [2.45, 2.75) is 13.5 Å². The molecule has 28 heavy (non-hydrogen) atoms. The molecular weight excluding hydrogens is 384 g/mol. The minimum atomic E-state index is -0.820. The highest BCUT2D eigenvalue weighted by atomic mass is 32.1. The number of hydrogen-bond donors (Lipinski definition) is 3. The second-order valence-corrected chi connectivity index (χ2v) is 6.76. The number of carbonyl (C=O) groups excluding carboxylic acids is 1. The number of amides is 1. The molecule has 1 aromatic carbocycles. The van der Waals surface area contributed by atoms with E-state index in [2.05, 4.69) is 20.3 Å². The van der Waals surface area contributed by atoms with Gasteiger partial charge in [0, 0.05) is 17.5 Å². The second-order valence-electron chi connectivity index (χ2n) is 5.70. The van der Waals surface area contributed by atoms with Gasteiger partial charge in [-0.25, -0.2) is 9.97 Å². The van der Waals surface area contributed by atoms with E-state index >= 15 is 0 Å². The van der Waals surface area contributed by atoms with Gasteiger partial charge in [0.05, 0.1) is 19.2 Å². The van der Waals surface area contributed by atoms with E-state index < -0.39 is 17.2 Å². The molecule has 146 valence electrons. The van der Waals surface area contributed by atoms with Crippen LogP contribution >= 0.6 is 11.3 Å². The predicted octanol–water partition coefficient (Wildman–Crippen LogP) is 1.85. The first kappa shape index (κ1) is 19.4. The Balaban J connectivity index is 1.87. The Kier molecular flexibility index (Phi) is 5.59. The van der Waals surface area contributed by atoms with Crippen LogP contribution in [0.25, 0.3) is 11.5 Å². The summed E-state index contributed by atoms with van der Waals surface area (Å²) in [5.41, 5.74) is -0.121. The lowest BCUT2D eigenvalue weighted by atomic mass is 10.2. The second kappa shape index (κ2) is 8.09. The zero-order chi connectivity index (χ0) is 20.3. The monoisotopic (exact) mass is 402 g/mol. The van der Waals surface area contributed by atoms with E-state index in [1.807, 2.05) is 6.92 Å². The van der Waals surface area contributed by atoms with Gasteiger partial charge >= 0.3 is 0 Å². The van der Waals surface area contributed by atoms with Crippen molar-refractivity contribution in [3.05, 3.63) is 50.2 Å². The average Bonchev–Trinajstić information content (AvgIpc) is 3.13. The fourth-order valence-electron chi connectivity index (χ4n) is 2.57. The van der Waals surface area contributed by atoms with E-state index in [0.29, 0.717) is 22.8 Å². The molecule has 2 aromatic heterocycles. The zero-order valence-electron chi connectivity index (χ0n) is 15.4. The number of aromatic nitrogens is 3. The molecule has 2 heterocycles. The van der Waals surface area contributed by atoms with Crippen LogP contribution < -0.4 is 20.3 Å². The molecule has 1 amide bonds. The van der Waals surface area contributed by atoms with E-state index in [0.717, 1.165) is 5.01 Å². The van der Waals surface area contributed by atoms with Gasteiger partial charge in [-0.15, -0.1) is 11.3 Å². The molecule has 0 radical (unpaired) electrons. The molecule has 10 heteroatoms. The highest BCUT2D eigenvalue weighted by molar-refractivity contribution is 7.09. The van der Waals surface area contributed by atoms with E-state index in [-0.39, 0.29) is 18.1 Å². The van der Waals surface area contributed by atoms with Gasteiger partial charge in [-0.05, 0) is 13.0 Å². The number of carbonyl (C=O) groups is 1. The van der Waals surface area contributed by atoms with Gasteiger partial charge in [0.25, 0.3) is 11.5 Å². The maximum atomic E-state index is 12.6. The number of aryl methyl sites for hydroxylation is 1. The van der Waals surface area contributed by atoms with Crippen molar-refractivity contribution in [2.75, 3.05) is 14.2 Å². The molecule has 0 aliphatic rings. The summed E-state index contributed by atoms with van der Waals surface area (Å²) < 4.78 is 10.6. The summed E-state index contributed by atoms with van der Waals surface area (Å²) in [4.78, 5) is 35.3. The molecule has 0 atom stereocenters. The average molecular weight is 402 g/mol. The number of H-pyrrole nitrogens is 1. The Morgan fingerprint density at radius 3 is 2.71 bits per heavy atom. The van der Waals surface area contributed by atoms with Crippen molar-refractivity contribution in [1.29, 1.82) is 0 Å². The summed E-state index contributed by atoms with van der Waals surface area (Å²) in [6, 6.07) is 5.25. The number of rotatable bonds is 6. The summed E-state index contributed by atoms with van der Waals surface area (Å²) in [7, 11) is 3.01. The van der Waals surface area contributed by atoms with Crippen molar-refractivity contribution >= 4 is 17.2 Å². The van der Waals surface area contributed by atoms with Crippen LogP contribution in [-0.4, -0.2) is 40.2 Å². The van der Waals surface area contributed by atoms with Gasteiger partial charge < -0.3 is 24.9 Å². The number of nitrogens with one attached hydrogen (secondary N) is 2. The largest absolute Gasteiger partial charge is 0.501 e. The number of methoxy groups -OCH3 is 2. The summed E-state index contributed by atoms with van der Waals surface area (Å²) in [5.74, 6) is -0.358. The van der Waals surface area contributed by atoms with Gasteiger partial charge in [-0.2, -0.15) is 0 Å². The molecule has 3 rings (SSSR count). The molecule has 0 unspecified atom stereocenters. The number of aromatic hydroxyl groups is 1. The van der Waals surface area contributed by atoms with Crippen molar-refractivity contribution in [3.63, 3.8) is 0 Å².